The van der Waals surface area contributed by atoms with Gasteiger partial charge in [0.05, 0.1) is 11.4 Å². The maximum absolute atomic E-state index is 13.1. The minimum Gasteiger partial charge on any atom is -0.289 e. The van der Waals surface area contributed by atoms with E-state index in [1.807, 2.05) is 37.0 Å². The molecule has 0 aromatic carbocycles. The first kappa shape index (κ1) is 15.1. The fourth-order valence-electron chi connectivity index (χ4n) is 3.62. The highest BCUT2D eigenvalue weighted by Gasteiger charge is 2.39. The molecule has 2 aromatic heterocycles. The van der Waals surface area contributed by atoms with E-state index >= 15 is 0 Å². The predicted octanol–water partition coefficient (Wildman–Crippen LogP) is 3.01. The molecule has 2 aliphatic rings. The molecule has 5 nitrogen and oxygen atoms in total. The third kappa shape index (κ3) is 2.75. The van der Waals surface area contributed by atoms with Crippen molar-refractivity contribution in [3.63, 3.8) is 0 Å². The van der Waals surface area contributed by atoms with Gasteiger partial charge in [0.1, 0.15) is 0 Å². The number of hydrogen-bond acceptors (Lipinski definition) is 3. The number of nitrogens with zero attached hydrogens (tertiary/aromatic N) is 4. The van der Waals surface area contributed by atoms with Gasteiger partial charge in [0, 0.05) is 37.6 Å². The number of ketones is 1. The summed E-state index contributed by atoms with van der Waals surface area (Å²) in [7, 11) is 3.82. The minimum absolute atomic E-state index is 0.195. The van der Waals surface area contributed by atoms with Gasteiger partial charge < -0.3 is 0 Å². The van der Waals surface area contributed by atoms with Crippen molar-refractivity contribution in [3.05, 3.63) is 47.1 Å². The zero-order valence-electron chi connectivity index (χ0n) is 14.1. The molecule has 0 N–H and O–H groups in total. The summed E-state index contributed by atoms with van der Waals surface area (Å²) < 4.78 is 3.63. The van der Waals surface area contributed by atoms with E-state index in [0.717, 1.165) is 35.4 Å². The number of carbonyl (C=O) groups is 1. The molecule has 0 bridgehead atoms. The summed E-state index contributed by atoms with van der Waals surface area (Å²) in [5.74, 6) is 1.28. The lowest BCUT2D eigenvalue weighted by atomic mass is 9.77. The molecule has 2 heterocycles. The molecule has 2 aliphatic carbocycles. The SMILES string of the molecule is Cn1nccc1/C=C1\C(=O)/C(=C/c2ccnn2C)CC[C@@H]1C1CC1. The Labute approximate surface area is 141 Å². The first-order chi connectivity index (χ1) is 11.6. The van der Waals surface area contributed by atoms with Crippen LogP contribution in [0.4, 0.5) is 0 Å². The van der Waals surface area contributed by atoms with Gasteiger partial charge in [0.15, 0.2) is 5.78 Å². The van der Waals surface area contributed by atoms with Crippen LogP contribution in [0.2, 0.25) is 0 Å². The Balaban J connectivity index is 1.71. The summed E-state index contributed by atoms with van der Waals surface area (Å²) in [6.07, 6.45) is 12.0. The fraction of sp³-hybridized carbons (Fsp3) is 0.421. The highest BCUT2D eigenvalue weighted by Crippen LogP contribution is 2.47. The van der Waals surface area contributed by atoms with Gasteiger partial charge in [-0.1, -0.05) is 0 Å². The zero-order valence-corrected chi connectivity index (χ0v) is 14.1. The van der Waals surface area contributed by atoms with Crippen LogP contribution in [0.3, 0.4) is 0 Å². The molecule has 2 saturated carbocycles. The Morgan fingerprint density at radius 3 is 2.17 bits per heavy atom. The van der Waals surface area contributed by atoms with Gasteiger partial charge in [-0.25, -0.2) is 0 Å². The van der Waals surface area contributed by atoms with Crippen LogP contribution in [0.25, 0.3) is 12.2 Å². The van der Waals surface area contributed by atoms with Crippen LogP contribution in [0.5, 0.6) is 0 Å². The third-order valence-corrected chi connectivity index (χ3v) is 5.21. The van der Waals surface area contributed by atoms with Crippen LogP contribution < -0.4 is 0 Å². The van der Waals surface area contributed by atoms with E-state index in [-0.39, 0.29) is 5.78 Å². The van der Waals surface area contributed by atoms with E-state index in [9.17, 15) is 4.79 Å². The third-order valence-electron chi connectivity index (χ3n) is 5.21. The molecule has 0 amide bonds. The van der Waals surface area contributed by atoms with Gasteiger partial charge in [-0.2, -0.15) is 10.2 Å². The Hall–Kier alpha value is -2.43. The van der Waals surface area contributed by atoms with E-state index in [0.29, 0.717) is 11.8 Å². The summed E-state index contributed by atoms with van der Waals surface area (Å²) in [6.45, 7) is 0. The van der Waals surface area contributed by atoms with E-state index in [1.54, 1.807) is 17.1 Å². The van der Waals surface area contributed by atoms with Gasteiger partial charge in [-0.3, -0.25) is 14.2 Å². The van der Waals surface area contributed by atoms with Crippen LogP contribution in [0, 0.1) is 11.8 Å². The van der Waals surface area contributed by atoms with Crippen molar-refractivity contribution in [2.45, 2.75) is 25.7 Å². The lowest BCUT2D eigenvalue weighted by molar-refractivity contribution is -0.113. The van der Waals surface area contributed by atoms with Crippen LogP contribution in [-0.4, -0.2) is 25.3 Å². The molecule has 124 valence electrons. The van der Waals surface area contributed by atoms with Gasteiger partial charge in [0.2, 0.25) is 0 Å². The molecular weight excluding hydrogens is 300 g/mol. The van der Waals surface area contributed by atoms with Crippen molar-refractivity contribution < 1.29 is 4.79 Å². The fourth-order valence-corrected chi connectivity index (χ4v) is 3.62. The lowest BCUT2D eigenvalue weighted by Crippen LogP contribution is -2.23. The lowest BCUT2D eigenvalue weighted by Gasteiger charge is -2.26. The first-order valence-corrected chi connectivity index (χ1v) is 8.56. The van der Waals surface area contributed by atoms with Crippen molar-refractivity contribution in [2.75, 3.05) is 0 Å². The number of aromatic nitrogens is 4. The summed E-state index contributed by atoms with van der Waals surface area (Å²) in [5.41, 5.74) is 3.82. The van der Waals surface area contributed by atoms with Crippen molar-refractivity contribution in [2.24, 2.45) is 25.9 Å². The Bertz CT molecular complexity index is 835. The Morgan fingerprint density at radius 1 is 1.00 bits per heavy atom. The molecule has 1 atom stereocenters. The predicted molar refractivity (Wildman–Crippen MR) is 92.8 cm³/mol. The van der Waals surface area contributed by atoms with Crippen molar-refractivity contribution in [1.82, 2.24) is 19.6 Å². The van der Waals surface area contributed by atoms with Crippen molar-refractivity contribution in [1.29, 1.82) is 0 Å². The molecular formula is C19H22N4O. The number of Topliss-reactive ketones (excluding diaryl/α,β-unsaturated/α-hetero) is 1. The summed E-state index contributed by atoms with van der Waals surface area (Å²) in [6, 6.07) is 3.90. The average Bonchev–Trinajstić information content (AvgIpc) is 3.21. The maximum atomic E-state index is 13.1. The topological polar surface area (TPSA) is 52.7 Å². The second kappa shape index (κ2) is 5.89. The molecule has 0 saturated heterocycles. The highest BCUT2D eigenvalue weighted by atomic mass is 16.1. The molecule has 2 fully saturated rings. The van der Waals surface area contributed by atoms with Crippen molar-refractivity contribution >= 4 is 17.9 Å². The maximum Gasteiger partial charge on any atom is 0.185 e. The second-order valence-corrected chi connectivity index (χ2v) is 6.84. The van der Waals surface area contributed by atoms with Gasteiger partial charge >= 0.3 is 0 Å². The summed E-state index contributed by atoms with van der Waals surface area (Å²) in [5, 5.41) is 8.40. The Kier molecular flexibility index (Phi) is 3.71. The van der Waals surface area contributed by atoms with Gasteiger partial charge in [-0.05, 0) is 61.8 Å². The summed E-state index contributed by atoms with van der Waals surface area (Å²) >= 11 is 0. The highest BCUT2D eigenvalue weighted by molar-refractivity contribution is 6.14. The molecule has 5 heteroatoms. The second-order valence-electron chi connectivity index (χ2n) is 6.84. The quantitative estimate of drug-likeness (QED) is 0.816. The number of rotatable bonds is 3. The first-order valence-electron chi connectivity index (χ1n) is 8.56. The van der Waals surface area contributed by atoms with Crippen LogP contribution in [-0.2, 0) is 18.9 Å². The van der Waals surface area contributed by atoms with E-state index in [4.69, 9.17) is 0 Å². The van der Waals surface area contributed by atoms with Crippen LogP contribution >= 0.6 is 0 Å². The van der Waals surface area contributed by atoms with Crippen LogP contribution in [0.15, 0.2) is 35.7 Å². The normalized spacial score (nSPS) is 24.9. The molecule has 0 spiro atoms. The number of allylic oxidation sites excluding steroid dienone is 2. The molecule has 0 radical (unpaired) electrons. The summed E-state index contributed by atoms with van der Waals surface area (Å²) in [4.78, 5) is 13.1. The molecule has 2 aromatic rings. The zero-order chi connectivity index (χ0) is 16.7. The molecule has 0 unspecified atom stereocenters. The number of carbonyl (C=O) groups excluding carboxylic acids is 1. The standard InChI is InChI=1S/C19H22N4O/c1-22-15(7-9-20-22)11-14-5-6-17(13-3-4-13)18(19(14)24)12-16-8-10-21-23(16)2/h7-13,17H,3-6H2,1-2H3/b14-11+,18-12-/t17-/m1/s1. The van der Waals surface area contributed by atoms with Gasteiger partial charge in [-0.15, -0.1) is 0 Å². The van der Waals surface area contributed by atoms with E-state index in [2.05, 4.69) is 16.3 Å². The van der Waals surface area contributed by atoms with E-state index < -0.39 is 0 Å². The van der Waals surface area contributed by atoms with Gasteiger partial charge in [0.25, 0.3) is 0 Å². The van der Waals surface area contributed by atoms with Crippen molar-refractivity contribution in [3.8, 4) is 0 Å². The molecule has 24 heavy (non-hydrogen) atoms. The molecule has 4 rings (SSSR count). The average molecular weight is 322 g/mol. The largest absolute Gasteiger partial charge is 0.289 e. The van der Waals surface area contributed by atoms with Crippen LogP contribution in [0.1, 0.15) is 37.1 Å². The number of aryl methyl sites for hydroxylation is 2. The van der Waals surface area contributed by atoms with E-state index in [1.165, 1.54) is 12.8 Å². The molecule has 0 aliphatic heterocycles. The monoisotopic (exact) mass is 322 g/mol. The minimum atomic E-state index is 0.195. The Morgan fingerprint density at radius 2 is 1.62 bits per heavy atom. The number of hydrogen-bond donors (Lipinski definition) is 0. The smallest absolute Gasteiger partial charge is 0.185 e.